The van der Waals surface area contributed by atoms with Crippen LogP contribution in [-0.4, -0.2) is 49.8 Å². The van der Waals surface area contributed by atoms with Crippen molar-refractivity contribution in [2.75, 3.05) is 38.9 Å². The quantitative estimate of drug-likeness (QED) is 0.296. The highest BCUT2D eigenvalue weighted by Gasteiger charge is 2.23. The number of anilines is 1. The molecule has 3 aromatic carbocycles. The summed E-state index contributed by atoms with van der Waals surface area (Å²) in [7, 11) is 4.05. The number of hydrogen-bond donors (Lipinski definition) is 0. The van der Waals surface area contributed by atoms with Gasteiger partial charge in [0.25, 0.3) is 5.91 Å². The first-order valence-electron chi connectivity index (χ1n) is 11.1. The van der Waals surface area contributed by atoms with Gasteiger partial charge in [-0.2, -0.15) is 0 Å². The molecule has 7 nitrogen and oxygen atoms in total. The van der Waals surface area contributed by atoms with E-state index in [1.165, 1.54) is 11.3 Å². The maximum absolute atomic E-state index is 13.6. The summed E-state index contributed by atoms with van der Waals surface area (Å²) in [5.74, 6) is 2.73. The fourth-order valence-corrected chi connectivity index (χ4v) is 4.70. The molecule has 2 heterocycles. The van der Waals surface area contributed by atoms with E-state index < -0.39 is 0 Å². The molecule has 182 valence electrons. The van der Waals surface area contributed by atoms with Crippen LogP contribution in [0.3, 0.4) is 0 Å². The number of hydrogen-bond acceptors (Lipinski definition) is 7. The summed E-state index contributed by atoms with van der Waals surface area (Å²) in [6.07, 6.45) is 0.826. The SMILES string of the molecule is CN(C)CCCN(C(=O)c1ccc(Oc2ccccc2)cc1)c1nc2cc3c(cc2s1)OCO3.Cl. The summed E-state index contributed by atoms with van der Waals surface area (Å²) in [5, 5.41) is 0.659. The summed E-state index contributed by atoms with van der Waals surface area (Å²) in [6.45, 7) is 1.65. The Morgan fingerprint density at radius 1 is 0.971 bits per heavy atom. The smallest absolute Gasteiger partial charge is 0.260 e. The third-order valence-electron chi connectivity index (χ3n) is 5.41. The maximum Gasteiger partial charge on any atom is 0.260 e. The number of rotatable bonds is 8. The summed E-state index contributed by atoms with van der Waals surface area (Å²) in [6, 6.07) is 20.6. The number of nitrogens with zero attached hydrogens (tertiary/aromatic N) is 3. The van der Waals surface area contributed by atoms with Crippen LogP contribution in [0.5, 0.6) is 23.0 Å². The number of halogens is 1. The van der Waals surface area contributed by atoms with Crippen molar-refractivity contribution in [3.63, 3.8) is 0 Å². The lowest BCUT2D eigenvalue weighted by Crippen LogP contribution is -2.33. The van der Waals surface area contributed by atoms with Gasteiger partial charge < -0.3 is 19.1 Å². The van der Waals surface area contributed by atoms with Crippen molar-refractivity contribution in [1.82, 2.24) is 9.88 Å². The summed E-state index contributed by atoms with van der Waals surface area (Å²) >= 11 is 1.48. The zero-order valence-corrected chi connectivity index (χ0v) is 21.1. The molecule has 4 aromatic rings. The molecule has 1 aliphatic heterocycles. The Morgan fingerprint density at radius 3 is 2.37 bits per heavy atom. The van der Waals surface area contributed by atoms with E-state index in [0.29, 0.717) is 34.5 Å². The van der Waals surface area contributed by atoms with Gasteiger partial charge in [0.15, 0.2) is 16.6 Å². The summed E-state index contributed by atoms with van der Waals surface area (Å²) in [4.78, 5) is 22.2. The molecule has 0 fully saturated rings. The average Bonchev–Trinajstić information content (AvgIpc) is 3.46. The number of carbonyl (C=O) groups excluding carboxylic acids is 1. The van der Waals surface area contributed by atoms with E-state index in [4.69, 9.17) is 19.2 Å². The minimum Gasteiger partial charge on any atom is -0.457 e. The number of para-hydroxylation sites is 1. The Balaban J connectivity index is 0.00000289. The Morgan fingerprint density at radius 2 is 1.66 bits per heavy atom. The van der Waals surface area contributed by atoms with E-state index in [9.17, 15) is 4.79 Å². The van der Waals surface area contributed by atoms with E-state index in [1.54, 1.807) is 17.0 Å². The van der Waals surface area contributed by atoms with Gasteiger partial charge in [-0.05, 0) is 63.5 Å². The zero-order valence-electron chi connectivity index (χ0n) is 19.5. The summed E-state index contributed by atoms with van der Waals surface area (Å²) < 4.78 is 17.8. The number of aromatic nitrogens is 1. The van der Waals surface area contributed by atoms with Crippen molar-refractivity contribution in [3.8, 4) is 23.0 Å². The fourth-order valence-electron chi connectivity index (χ4n) is 3.70. The molecule has 0 N–H and O–H groups in total. The minimum absolute atomic E-state index is 0. The van der Waals surface area contributed by atoms with Crippen molar-refractivity contribution >= 4 is 45.0 Å². The first-order chi connectivity index (χ1) is 16.6. The Bertz CT molecular complexity index is 1250. The standard InChI is InChI=1S/C26H25N3O4S.ClH/c1-28(2)13-6-14-29(26-27-21-15-22-23(32-17-31-22)16-24(21)34-26)25(30)18-9-11-20(12-10-18)33-19-7-4-3-5-8-19;/h3-5,7-12,15-16H,6,13-14,17H2,1-2H3;1H. The highest BCUT2D eigenvalue weighted by Crippen LogP contribution is 2.40. The summed E-state index contributed by atoms with van der Waals surface area (Å²) in [5.41, 5.74) is 1.37. The molecule has 1 aromatic heterocycles. The van der Waals surface area contributed by atoms with Crippen LogP contribution in [0.2, 0.25) is 0 Å². The van der Waals surface area contributed by atoms with Gasteiger partial charge in [-0.15, -0.1) is 12.4 Å². The van der Waals surface area contributed by atoms with Crippen LogP contribution in [0.15, 0.2) is 66.7 Å². The third kappa shape index (κ3) is 5.67. The third-order valence-corrected chi connectivity index (χ3v) is 6.46. The predicted molar refractivity (Wildman–Crippen MR) is 141 cm³/mol. The highest BCUT2D eigenvalue weighted by atomic mass is 35.5. The van der Waals surface area contributed by atoms with Gasteiger partial charge in [-0.1, -0.05) is 29.5 Å². The van der Waals surface area contributed by atoms with Gasteiger partial charge >= 0.3 is 0 Å². The van der Waals surface area contributed by atoms with Gasteiger partial charge in [0.1, 0.15) is 11.5 Å². The Hall–Kier alpha value is -3.33. The number of carbonyl (C=O) groups is 1. The van der Waals surface area contributed by atoms with Crippen molar-refractivity contribution in [1.29, 1.82) is 0 Å². The number of thiazole rings is 1. The zero-order chi connectivity index (χ0) is 23.5. The normalized spacial score (nSPS) is 12.0. The van der Waals surface area contributed by atoms with Gasteiger partial charge in [0, 0.05) is 24.2 Å². The Labute approximate surface area is 214 Å². The van der Waals surface area contributed by atoms with Crippen LogP contribution in [0.1, 0.15) is 16.8 Å². The van der Waals surface area contributed by atoms with Crippen LogP contribution in [0, 0.1) is 0 Å². The molecule has 0 bridgehead atoms. The molecule has 0 saturated heterocycles. The van der Waals surface area contributed by atoms with Crippen LogP contribution >= 0.6 is 23.7 Å². The first-order valence-corrected chi connectivity index (χ1v) is 11.9. The number of ether oxygens (including phenoxy) is 3. The topological polar surface area (TPSA) is 64.1 Å². The number of amides is 1. The molecule has 0 atom stereocenters. The average molecular weight is 512 g/mol. The second kappa shape index (κ2) is 10.9. The van der Waals surface area contributed by atoms with E-state index in [2.05, 4.69) is 4.90 Å². The highest BCUT2D eigenvalue weighted by molar-refractivity contribution is 7.22. The molecule has 0 saturated carbocycles. The maximum atomic E-state index is 13.6. The van der Waals surface area contributed by atoms with Crippen LogP contribution in [0.4, 0.5) is 5.13 Å². The predicted octanol–water partition coefficient (Wildman–Crippen LogP) is 5.84. The van der Waals surface area contributed by atoms with Gasteiger partial charge in [-0.25, -0.2) is 4.98 Å². The number of benzene rings is 3. The van der Waals surface area contributed by atoms with Gasteiger partial charge in [0.05, 0.1) is 10.2 Å². The van der Waals surface area contributed by atoms with Crippen LogP contribution < -0.4 is 19.1 Å². The second-order valence-electron chi connectivity index (χ2n) is 8.22. The van der Waals surface area contributed by atoms with Crippen molar-refractivity contribution in [2.24, 2.45) is 0 Å². The largest absolute Gasteiger partial charge is 0.457 e. The molecule has 9 heteroatoms. The minimum atomic E-state index is -0.0934. The molecule has 0 unspecified atom stereocenters. The van der Waals surface area contributed by atoms with E-state index in [1.807, 2.05) is 68.7 Å². The number of fused-ring (bicyclic) bond motifs is 2. The van der Waals surface area contributed by atoms with E-state index >= 15 is 0 Å². The molecule has 0 aliphatic carbocycles. The molecular weight excluding hydrogens is 486 g/mol. The molecule has 1 amide bonds. The van der Waals surface area contributed by atoms with Gasteiger partial charge in [0.2, 0.25) is 6.79 Å². The molecule has 1 aliphatic rings. The van der Waals surface area contributed by atoms with Crippen LogP contribution in [0.25, 0.3) is 10.2 Å². The van der Waals surface area contributed by atoms with E-state index in [-0.39, 0.29) is 25.1 Å². The van der Waals surface area contributed by atoms with Gasteiger partial charge in [-0.3, -0.25) is 9.69 Å². The van der Waals surface area contributed by atoms with Crippen molar-refractivity contribution in [3.05, 3.63) is 72.3 Å². The molecule has 35 heavy (non-hydrogen) atoms. The molecule has 0 spiro atoms. The molecular formula is C26H26ClN3O4S. The molecule has 5 rings (SSSR count). The monoisotopic (exact) mass is 511 g/mol. The fraction of sp³-hybridized carbons (Fsp3) is 0.231. The lowest BCUT2D eigenvalue weighted by Gasteiger charge is -2.21. The molecule has 0 radical (unpaired) electrons. The van der Waals surface area contributed by atoms with Crippen LogP contribution in [-0.2, 0) is 0 Å². The first kappa shape index (κ1) is 24.8. The van der Waals surface area contributed by atoms with E-state index in [0.717, 1.165) is 28.9 Å². The van der Waals surface area contributed by atoms with Crippen molar-refractivity contribution in [2.45, 2.75) is 6.42 Å². The lowest BCUT2D eigenvalue weighted by atomic mass is 10.2. The van der Waals surface area contributed by atoms with Crippen molar-refractivity contribution < 1.29 is 19.0 Å². The Kier molecular flexibility index (Phi) is 7.75. The second-order valence-corrected chi connectivity index (χ2v) is 9.23. The lowest BCUT2D eigenvalue weighted by molar-refractivity contribution is 0.0986.